The molecule has 0 saturated carbocycles. The fourth-order valence-corrected chi connectivity index (χ4v) is 4.65. The van der Waals surface area contributed by atoms with Gasteiger partial charge in [0.1, 0.15) is 0 Å². The molecule has 0 radical (unpaired) electrons. The molecule has 2 heterocycles. The molecular weight excluding hydrogens is 386 g/mol. The molecule has 0 spiro atoms. The maximum Gasteiger partial charge on any atom is 0.232 e. The minimum Gasteiger partial charge on any atom is -0.341 e. The summed E-state index contributed by atoms with van der Waals surface area (Å²) in [5.74, 6) is 1.39. The number of benzene rings is 1. The van der Waals surface area contributed by atoms with Crippen LogP contribution in [0.25, 0.3) is 0 Å². The van der Waals surface area contributed by atoms with Crippen LogP contribution in [-0.2, 0) is 23.6 Å². The molecule has 0 saturated heterocycles. The second-order valence-electron chi connectivity index (χ2n) is 5.98. The zero-order chi connectivity index (χ0) is 18.4. The molecule has 0 aliphatic carbocycles. The summed E-state index contributed by atoms with van der Waals surface area (Å²) in [6.45, 7) is 1.30. The fraction of sp³-hybridized carbons (Fsp3) is 0.263. The number of thiophene rings is 1. The van der Waals surface area contributed by atoms with E-state index in [0.717, 1.165) is 22.2 Å². The average molecular weight is 406 g/mol. The van der Waals surface area contributed by atoms with Crippen molar-refractivity contribution in [3.8, 4) is 0 Å². The Morgan fingerprint density at radius 1 is 1.23 bits per heavy atom. The van der Waals surface area contributed by atoms with Gasteiger partial charge in [-0.25, -0.2) is 0 Å². The Bertz CT molecular complexity index is 847. The number of aromatic nitrogens is 2. The van der Waals surface area contributed by atoms with Gasteiger partial charge in [0.15, 0.2) is 0 Å². The summed E-state index contributed by atoms with van der Waals surface area (Å²) in [5.41, 5.74) is 2.24. The van der Waals surface area contributed by atoms with E-state index < -0.39 is 0 Å². The minimum atomic E-state index is 0.119. The number of hydrogen-bond acceptors (Lipinski definition) is 4. The van der Waals surface area contributed by atoms with Crippen molar-refractivity contribution in [3.63, 3.8) is 0 Å². The Labute approximate surface area is 166 Å². The third kappa shape index (κ3) is 5.62. The Kier molecular flexibility index (Phi) is 6.77. The van der Waals surface area contributed by atoms with Crippen LogP contribution in [0.5, 0.6) is 0 Å². The second-order valence-corrected chi connectivity index (χ2v) is 8.77. The summed E-state index contributed by atoms with van der Waals surface area (Å²) in [4.78, 5) is 15.2. The van der Waals surface area contributed by atoms with Crippen molar-refractivity contribution in [1.82, 2.24) is 14.7 Å². The van der Waals surface area contributed by atoms with E-state index >= 15 is 0 Å². The van der Waals surface area contributed by atoms with Crippen LogP contribution in [0.2, 0.25) is 4.34 Å². The monoisotopic (exact) mass is 405 g/mol. The van der Waals surface area contributed by atoms with Gasteiger partial charge >= 0.3 is 0 Å². The van der Waals surface area contributed by atoms with Gasteiger partial charge in [0.2, 0.25) is 5.91 Å². The third-order valence-electron chi connectivity index (χ3n) is 3.82. The van der Waals surface area contributed by atoms with Gasteiger partial charge in [0.25, 0.3) is 0 Å². The summed E-state index contributed by atoms with van der Waals surface area (Å²) in [6, 6.07) is 14.1. The molecule has 2 aromatic heterocycles. The van der Waals surface area contributed by atoms with E-state index in [9.17, 15) is 4.79 Å². The molecule has 0 unspecified atom stereocenters. The van der Waals surface area contributed by atoms with Gasteiger partial charge in [0.05, 0.1) is 22.8 Å². The van der Waals surface area contributed by atoms with Crippen molar-refractivity contribution in [2.24, 2.45) is 0 Å². The van der Waals surface area contributed by atoms with Gasteiger partial charge < -0.3 is 4.90 Å². The van der Waals surface area contributed by atoms with Crippen LogP contribution >= 0.6 is 34.7 Å². The maximum absolute atomic E-state index is 12.3. The van der Waals surface area contributed by atoms with Crippen molar-refractivity contribution in [1.29, 1.82) is 0 Å². The zero-order valence-electron chi connectivity index (χ0n) is 14.5. The van der Waals surface area contributed by atoms with Crippen LogP contribution in [0.4, 0.5) is 0 Å². The Morgan fingerprint density at radius 2 is 2.04 bits per heavy atom. The van der Waals surface area contributed by atoms with Gasteiger partial charge in [-0.3, -0.25) is 9.48 Å². The number of rotatable bonds is 8. The van der Waals surface area contributed by atoms with Gasteiger partial charge in [0, 0.05) is 36.0 Å². The summed E-state index contributed by atoms with van der Waals surface area (Å²) < 4.78 is 2.69. The molecule has 4 nitrogen and oxygen atoms in total. The normalized spacial score (nSPS) is 10.8. The number of carbonyl (C=O) groups excluding carboxylic acids is 1. The van der Waals surface area contributed by atoms with Crippen molar-refractivity contribution < 1.29 is 4.79 Å². The molecule has 0 aliphatic rings. The van der Waals surface area contributed by atoms with Gasteiger partial charge in [-0.15, -0.1) is 23.1 Å². The molecule has 1 aromatic carbocycles. The highest BCUT2D eigenvalue weighted by atomic mass is 35.5. The van der Waals surface area contributed by atoms with E-state index in [-0.39, 0.29) is 5.91 Å². The van der Waals surface area contributed by atoms with Gasteiger partial charge in [-0.05, 0) is 17.7 Å². The van der Waals surface area contributed by atoms with Crippen molar-refractivity contribution in [3.05, 3.63) is 75.2 Å². The van der Waals surface area contributed by atoms with Crippen molar-refractivity contribution in [2.75, 3.05) is 12.8 Å². The Morgan fingerprint density at radius 3 is 2.77 bits per heavy atom. The summed E-state index contributed by atoms with van der Waals surface area (Å²) >= 11 is 9.10. The molecule has 7 heteroatoms. The molecule has 0 atom stereocenters. The first-order valence-electron chi connectivity index (χ1n) is 8.21. The maximum atomic E-state index is 12.3. The molecule has 3 rings (SSSR count). The number of thioether (sulfide) groups is 1. The highest BCUT2D eigenvalue weighted by Gasteiger charge is 2.11. The molecule has 1 amide bonds. The largest absolute Gasteiger partial charge is 0.341 e. The first-order valence-corrected chi connectivity index (χ1v) is 10.6. The predicted molar refractivity (Wildman–Crippen MR) is 110 cm³/mol. The zero-order valence-corrected chi connectivity index (χ0v) is 16.9. The van der Waals surface area contributed by atoms with Crippen LogP contribution in [0, 0.1) is 0 Å². The smallest absolute Gasteiger partial charge is 0.232 e. The molecule has 0 N–H and O–H groups in total. The molecule has 26 heavy (non-hydrogen) atoms. The molecule has 136 valence electrons. The van der Waals surface area contributed by atoms with Crippen LogP contribution in [0.3, 0.4) is 0 Å². The van der Waals surface area contributed by atoms with E-state index in [4.69, 9.17) is 11.6 Å². The average Bonchev–Trinajstić information content (AvgIpc) is 3.24. The number of hydrogen-bond donors (Lipinski definition) is 0. The summed E-state index contributed by atoms with van der Waals surface area (Å²) in [5, 5.41) is 4.39. The first-order chi connectivity index (χ1) is 12.6. The number of nitrogens with zero attached hydrogens (tertiary/aromatic N) is 3. The predicted octanol–water partition coefficient (Wildman–Crippen LogP) is 4.54. The molecule has 0 aliphatic heterocycles. The van der Waals surface area contributed by atoms with Crippen LogP contribution in [0.1, 0.15) is 16.0 Å². The van der Waals surface area contributed by atoms with Gasteiger partial charge in [-0.1, -0.05) is 41.9 Å². The van der Waals surface area contributed by atoms with E-state index in [1.807, 2.05) is 54.5 Å². The topological polar surface area (TPSA) is 38.1 Å². The van der Waals surface area contributed by atoms with Crippen molar-refractivity contribution in [2.45, 2.75) is 18.8 Å². The third-order valence-corrected chi connectivity index (χ3v) is 6.20. The lowest BCUT2D eigenvalue weighted by atomic mass is 10.2. The van der Waals surface area contributed by atoms with E-state index in [0.29, 0.717) is 12.3 Å². The first kappa shape index (κ1) is 19.0. The molecule has 0 bridgehead atoms. The van der Waals surface area contributed by atoms with E-state index in [1.54, 1.807) is 28.0 Å². The summed E-state index contributed by atoms with van der Waals surface area (Å²) in [7, 11) is 1.83. The summed E-state index contributed by atoms with van der Waals surface area (Å²) in [6.07, 6.45) is 3.82. The number of amides is 1. The highest BCUT2D eigenvalue weighted by Crippen LogP contribution is 2.25. The van der Waals surface area contributed by atoms with Crippen LogP contribution < -0.4 is 0 Å². The van der Waals surface area contributed by atoms with E-state index in [1.165, 1.54) is 10.4 Å². The second kappa shape index (κ2) is 9.26. The molecule has 0 fully saturated rings. The quantitative estimate of drug-likeness (QED) is 0.552. The molecular formula is C19H20ClN3OS2. The lowest BCUT2D eigenvalue weighted by molar-refractivity contribution is -0.127. The fourth-order valence-electron chi connectivity index (χ4n) is 2.49. The SMILES string of the molecule is CN(Cc1cnn(Cc2ccccc2)c1)C(=O)CSCc1ccc(Cl)s1. The van der Waals surface area contributed by atoms with Crippen LogP contribution in [-0.4, -0.2) is 33.4 Å². The van der Waals surface area contributed by atoms with Crippen molar-refractivity contribution >= 4 is 40.6 Å². The van der Waals surface area contributed by atoms with Crippen LogP contribution in [0.15, 0.2) is 54.9 Å². The molecule has 3 aromatic rings. The highest BCUT2D eigenvalue weighted by molar-refractivity contribution is 7.99. The van der Waals surface area contributed by atoms with E-state index in [2.05, 4.69) is 17.2 Å². The Balaban J connectivity index is 1.45. The number of carbonyl (C=O) groups is 1. The standard InChI is InChI=1S/C19H20ClN3OS2/c1-22(19(24)14-25-13-17-7-8-18(20)26-17)10-16-9-21-23(12-16)11-15-5-3-2-4-6-15/h2-9,12H,10-11,13-14H2,1H3. The minimum absolute atomic E-state index is 0.119. The lowest BCUT2D eigenvalue weighted by Gasteiger charge is -2.15. The lowest BCUT2D eigenvalue weighted by Crippen LogP contribution is -2.27. The van der Waals surface area contributed by atoms with Gasteiger partial charge in [-0.2, -0.15) is 5.10 Å². The Hall–Kier alpha value is -1.76. The number of halogens is 1.